The van der Waals surface area contributed by atoms with Gasteiger partial charge in [-0.05, 0) is 28.1 Å². The second-order valence-corrected chi connectivity index (χ2v) is 3.95. The fourth-order valence-corrected chi connectivity index (χ4v) is 1.51. The topological polar surface area (TPSA) is 76.7 Å². The van der Waals surface area contributed by atoms with Gasteiger partial charge in [0.05, 0.1) is 16.7 Å². The molecule has 0 bridgehead atoms. The van der Waals surface area contributed by atoms with Crippen molar-refractivity contribution in [3.8, 4) is 0 Å². The minimum Gasteiger partial charge on any atom is -0.368 e. The number of hydrogen-bond acceptors (Lipinski definition) is 5. The summed E-state index contributed by atoms with van der Waals surface area (Å²) in [4.78, 5) is 12.1. The van der Waals surface area contributed by atoms with Crippen LogP contribution in [0.2, 0.25) is 0 Å². The monoisotopic (exact) mass is 279 g/mol. The van der Waals surface area contributed by atoms with Crippen molar-refractivity contribution >= 4 is 27.7 Å². The van der Waals surface area contributed by atoms with Crippen molar-refractivity contribution in [2.24, 2.45) is 0 Å². The Bertz CT molecular complexity index is 474. The van der Waals surface area contributed by atoms with E-state index < -0.39 is 0 Å². The van der Waals surface area contributed by atoms with Crippen LogP contribution in [0.25, 0.3) is 0 Å². The second-order valence-electron chi connectivity index (χ2n) is 3.10. The number of nitrogens with zero attached hydrogens (tertiary/aromatic N) is 3. The van der Waals surface area contributed by atoms with E-state index in [0.717, 1.165) is 10.2 Å². The molecule has 0 saturated heterocycles. The summed E-state index contributed by atoms with van der Waals surface area (Å²) in [6.07, 6.45) is 3.36. The van der Waals surface area contributed by atoms with Gasteiger partial charge in [0.1, 0.15) is 5.82 Å². The molecule has 0 radical (unpaired) electrons. The van der Waals surface area contributed by atoms with E-state index in [0.29, 0.717) is 12.4 Å². The summed E-state index contributed by atoms with van der Waals surface area (Å²) in [5, 5.41) is 3.13. The molecule has 0 spiro atoms. The number of aromatic nitrogens is 3. The number of pyridine rings is 1. The third-order valence-electron chi connectivity index (χ3n) is 1.93. The lowest BCUT2D eigenvalue weighted by molar-refractivity contribution is 1.02. The summed E-state index contributed by atoms with van der Waals surface area (Å²) in [5.41, 5.74) is 6.43. The minimum absolute atomic E-state index is 0.242. The predicted molar refractivity (Wildman–Crippen MR) is 65.7 cm³/mol. The molecule has 2 aromatic rings. The van der Waals surface area contributed by atoms with Gasteiger partial charge in [0.25, 0.3) is 0 Å². The van der Waals surface area contributed by atoms with Crippen LogP contribution in [-0.2, 0) is 6.54 Å². The quantitative estimate of drug-likeness (QED) is 0.897. The zero-order chi connectivity index (χ0) is 11.4. The van der Waals surface area contributed by atoms with Gasteiger partial charge in [-0.1, -0.05) is 6.07 Å². The number of rotatable bonds is 3. The molecule has 2 heterocycles. The molecule has 6 heteroatoms. The molecule has 0 aliphatic rings. The fourth-order valence-electron chi connectivity index (χ4n) is 1.18. The molecule has 0 saturated carbocycles. The van der Waals surface area contributed by atoms with Crippen molar-refractivity contribution in [3.05, 3.63) is 40.8 Å². The Morgan fingerprint density at radius 2 is 2.19 bits per heavy atom. The summed E-state index contributed by atoms with van der Waals surface area (Å²) in [6, 6.07) is 5.75. The number of hydrogen-bond donors (Lipinski definition) is 2. The lowest BCUT2D eigenvalue weighted by atomic mass is 10.3. The number of halogens is 1. The van der Waals surface area contributed by atoms with Crippen LogP contribution >= 0.6 is 15.9 Å². The molecular formula is C10H10BrN5. The van der Waals surface area contributed by atoms with E-state index in [1.807, 2.05) is 18.2 Å². The summed E-state index contributed by atoms with van der Waals surface area (Å²) < 4.78 is 0.776. The van der Waals surface area contributed by atoms with Gasteiger partial charge in [-0.15, -0.1) is 0 Å². The average Bonchev–Trinajstić information content (AvgIpc) is 2.32. The van der Waals surface area contributed by atoms with E-state index in [-0.39, 0.29) is 5.95 Å². The van der Waals surface area contributed by atoms with Crippen LogP contribution < -0.4 is 11.1 Å². The SMILES string of the molecule is Nc1ncc(Br)c(NCc2ccccn2)n1. The minimum atomic E-state index is 0.242. The lowest BCUT2D eigenvalue weighted by Gasteiger charge is -2.06. The molecule has 16 heavy (non-hydrogen) atoms. The zero-order valence-electron chi connectivity index (χ0n) is 8.39. The zero-order valence-corrected chi connectivity index (χ0v) is 9.98. The van der Waals surface area contributed by atoms with E-state index >= 15 is 0 Å². The average molecular weight is 280 g/mol. The molecule has 0 aromatic carbocycles. The standard InChI is InChI=1S/C10H10BrN5/c11-8-6-15-10(12)16-9(8)14-5-7-3-1-2-4-13-7/h1-4,6H,5H2,(H3,12,14,15,16). The van der Waals surface area contributed by atoms with Crippen molar-refractivity contribution in [1.29, 1.82) is 0 Å². The van der Waals surface area contributed by atoms with E-state index in [9.17, 15) is 0 Å². The van der Waals surface area contributed by atoms with Crippen LogP contribution in [0.1, 0.15) is 5.69 Å². The molecular weight excluding hydrogens is 270 g/mol. The number of anilines is 2. The van der Waals surface area contributed by atoms with Gasteiger partial charge in [-0.3, -0.25) is 4.98 Å². The molecule has 3 N–H and O–H groups in total. The van der Waals surface area contributed by atoms with Crippen molar-refractivity contribution in [3.63, 3.8) is 0 Å². The van der Waals surface area contributed by atoms with E-state index in [2.05, 4.69) is 36.2 Å². The van der Waals surface area contributed by atoms with E-state index in [1.165, 1.54) is 0 Å². The van der Waals surface area contributed by atoms with Crippen LogP contribution in [0, 0.1) is 0 Å². The molecule has 82 valence electrons. The Morgan fingerprint density at radius 3 is 2.94 bits per heavy atom. The van der Waals surface area contributed by atoms with E-state index in [4.69, 9.17) is 5.73 Å². The first-order valence-corrected chi connectivity index (χ1v) is 5.47. The van der Waals surface area contributed by atoms with Crippen molar-refractivity contribution < 1.29 is 0 Å². The van der Waals surface area contributed by atoms with Crippen molar-refractivity contribution in [1.82, 2.24) is 15.0 Å². The Balaban J connectivity index is 2.08. The van der Waals surface area contributed by atoms with Crippen molar-refractivity contribution in [2.75, 3.05) is 11.1 Å². The first-order valence-electron chi connectivity index (χ1n) is 4.67. The van der Waals surface area contributed by atoms with Gasteiger partial charge in [0.15, 0.2) is 0 Å². The number of nitrogens with two attached hydrogens (primary N) is 1. The van der Waals surface area contributed by atoms with Crippen LogP contribution in [0.15, 0.2) is 35.1 Å². The van der Waals surface area contributed by atoms with Gasteiger partial charge in [-0.25, -0.2) is 4.98 Å². The third kappa shape index (κ3) is 2.66. The molecule has 0 amide bonds. The van der Waals surface area contributed by atoms with Gasteiger partial charge >= 0.3 is 0 Å². The summed E-state index contributed by atoms with van der Waals surface area (Å²) in [6.45, 7) is 0.593. The largest absolute Gasteiger partial charge is 0.368 e. The highest BCUT2D eigenvalue weighted by molar-refractivity contribution is 9.10. The normalized spacial score (nSPS) is 10.1. The molecule has 0 aliphatic carbocycles. The predicted octanol–water partition coefficient (Wildman–Crippen LogP) is 1.83. The molecule has 2 rings (SSSR count). The van der Waals surface area contributed by atoms with Crippen LogP contribution in [0.5, 0.6) is 0 Å². The highest BCUT2D eigenvalue weighted by Crippen LogP contribution is 2.19. The number of nitrogen functional groups attached to an aromatic ring is 1. The summed E-state index contributed by atoms with van der Waals surface area (Å²) in [5.74, 6) is 0.907. The van der Waals surface area contributed by atoms with Crippen LogP contribution in [0.4, 0.5) is 11.8 Å². The van der Waals surface area contributed by atoms with Gasteiger partial charge < -0.3 is 11.1 Å². The second kappa shape index (κ2) is 4.89. The molecule has 2 aromatic heterocycles. The van der Waals surface area contributed by atoms with E-state index in [1.54, 1.807) is 12.4 Å². The maximum absolute atomic E-state index is 5.50. The summed E-state index contributed by atoms with van der Waals surface area (Å²) >= 11 is 3.34. The Hall–Kier alpha value is -1.69. The van der Waals surface area contributed by atoms with Gasteiger partial charge in [-0.2, -0.15) is 4.98 Å². The maximum atomic E-state index is 5.50. The molecule has 0 aliphatic heterocycles. The molecule has 0 atom stereocenters. The highest BCUT2D eigenvalue weighted by atomic mass is 79.9. The first kappa shape index (κ1) is 10.8. The fraction of sp³-hybridized carbons (Fsp3) is 0.100. The smallest absolute Gasteiger partial charge is 0.221 e. The number of nitrogens with one attached hydrogen (secondary N) is 1. The Labute approximate surface area is 101 Å². The Morgan fingerprint density at radius 1 is 1.31 bits per heavy atom. The van der Waals surface area contributed by atoms with Crippen LogP contribution in [0.3, 0.4) is 0 Å². The maximum Gasteiger partial charge on any atom is 0.221 e. The van der Waals surface area contributed by atoms with Crippen LogP contribution in [-0.4, -0.2) is 15.0 Å². The lowest BCUT2D eigenvalue weighted by Crippen LogP contribution is -2.05. The molecule has 0 unspecified atom stereocenters. The molecule has 0 fully saturated rings. The van der Waals surface area contributed by atoms with Gasteiger partial charge in [0, 0.05) is 12.4 Å². The summed E-state index contributed by atoms with van der Waals surface area (Å²) in [7, 11) is 0. The highest BCUT2D eigenvalue weighted by Gasteiger charge is 2.02. The molecule has 5 nitrogen and oxygen atoms in total. The first-order chi connectivity index (χ1) is 7.75. The van der Waals surface area contributed by atoms with Gasteiger partial charge in [0.2, 0.25) is 5.95 Å². The third-order valence-corrected chi connectivity index (χ3v) is 2.51. The van der Waals surface area contributed by atoms with Crippen molar-refractivity contribution in [2.45, 2.75) is 6.54 Å². The Kier molecular flexibility index (Phi) is 3.31.